The molecule has 22 heavy (non-hydrogen) atoms. The molecule has 0 saturated carbocycles. The number of halogens is 1. The Morgan fingerprint density at radius 2 is 2.32 bits per heavy atom. The monoisotopic (exact) mass is 340 g/mol. The first-order valence-electron chi connectivity index (χ1n) is 6.60. The van der Waals surface area contributed by atoms with Gasteiger partial charge in [0.25, 0.3) is 0 Å². The molecule has 0 aliphatic rings. The van der Waals surface area contributed by atoms with Crippen molar-refractivity contribution in [3.8, 4) is 11.5 Å². The van der Waals surface area contributed by atoms with E-state index in [4.69, 9.17) is 26.8 Å². The van der Waals surface area contributed by atoms with Crippen molar-refractivity contribution in [3.05, 3.63) is 29.1 Å². The Labute approximate surface area is 137 Å². The van der Waals surface area contributed by atoms with Crippen LogP contribution in [0.15, 0.2) is 28.7 Å². The van der Waals surface area contributed by atoms with Crippen LogP contribution in [0.3, 0.4) is 0 Å². The molecular formula is C14H17ClN4O2S. The minimum Gasteiger partial charge on any atom is -0.493 e. The second kappa shape index (κ2) is 8.45. The predicted octanol–water partition coefficient (Wildman–Crippen LogP) is 3.19. The van der Waals surface area contributed by atoms with Gasteiger partial charge >= 0.3 is 0 Å². The molecule has 0 spiro atoms. The number of benzene rings is 1. The molecule has 3 N–H and O–H groups in total. The highest BCUT2D eigenvalue weighted by Crippen LogP contribution is 2.27. The van der Waals surface area contributed by atoms with Crippen LogP contribution in [-0.4, -0.2) is 30.8 Å². The number of anilines is 2. The van der Waals surface area contributed by atoms with E-state index in [1.165, 1.54) is 11.3 Å². The molecule has 0 radical (unpaired) electrons. The summed E-state index contributed by atoms with van der Waals surface area (Å²) in [4.78, 5) is 4.05. The summed E-state index contributed by atoms with van der Waals surface area (Å²) >= 11 is 7.04. The first kappa shape index (κ1) is 16.4. The van der Waals surface area contributed by atoms with E-state index in [9.17, 15) is 0 Å². The van der Waals surface area contributed by atoms with E-state index in [0.29, 0.717) is 34.9 Å². The molecule has 1 heterocycles. The summed E-state index contributed by atoms with van der Waals surface area (Å²) in [6, 6.07) is 5.57. The molecule has 0 aliphatic carbocycles. The number of hydrazone groups is 1. The van der Waals surface area contributed by atoms with Crippen molar-refractivity contribution in [1.82, 2.24) is 4.98 Å². The van der Waals surface area contributed by atoms with Crippen molar-refractivity contribution in [2.45, 2.75) is 6.42 Å². The maximum Gasteiger partial charge on any atom is 0.205 e. The Morgan fingerprint density at radius 1 is 1.45 bits per heavy atom. The van der Waals surface area contributed by atoms with Gasteiger partial charge in [-0.1, -0.05) is 0 Å². The van der Waals surface area contributed by atoms with Crippen LogP contribution in [0.1, 0.15) is 12.0 Å². The first-order valence-corrected chi connectivity index (χ1v) is 8.01. The van der Waals surface area contributed by atoms with Crippen LogP contribution in [0.25, 0.3) is 0 Å². The van der Waals surface area contributed by atoms with E-state index >= 15 is 0 Å². The number of rotatable bonds is 8. The first-order chi connectivity index (χ1) is 10.7. The molecule has 2 rings (SSSR count). The molecule has 0 fully saturated rings. The van der Waals surface area contributed by atoms with Gasteiger partial charge in [-0.3, -0.25) is 5.43 Å². The summed E-state index contributed by atoms with van der Waals surface area (Å²) in [5.41, 5.74) is 9.23. The lowest BCUT2D eigenvalue weighted by Crippen LogP contribution is -2.00. The highest BCUT2D eigenvalue weighted by atomic mass is 35.5. The summed E-state index contributed by atoms with van der Waals surface area (Å²) in [7, 11) is 1.60. The van der Waals surface area contributed by atoms with Crippen LogP contribution in [0, 0.1) is 0 Å². The Bertz CT molecular complexity index is 633. The van der Waals surface area contributed by atoms with E-state index in [2.05, 4.69) is 15.5 Å². The Morgan fingerprint density at radius 3 is 3.00 bits per heavy atom. The van der Waals surface area contributed by atoms with Gasteiger partial charge in [0.15, 0.2) is 11.5 Å². The second-order valence-corrected chi connectivity index (χ2v) is 5.48. The third kappa shape index (κ3) is 4.78. The van der Waals surface area contributed by atoms with Crippen LogP contribution >= 0.6 is 22.9 Å². The van der Waals surface area contributed by atoms with Crippen molar-refractivity contribution in [1.29, 1.82) is 0 Å². The molecule has 1 aromatic heterocycles. The zero-order valence-corrected chi connectivity index (χ0v) is 13.7. The lowest BCUT2D eigenvalue weighted by molar-refractivity contribution is 0.295. The van der Waals surface area contributed by atoms with Gasteiger partial charge in [-0.15, -0.1) is 22.9 Å². The molecule has 2 aromatic rings. The Kier molecular flexibility index (Phi) is 6.29. The smallest absolute Gasteiger partial charge is 0.205 e. The molecule has 0 aliphatic heterocycles. The number of nitrogens with two attached hydrogens (primary N) is 1. The molecule has 0 amide bonds. The van der Waals surface area contributed by atoms with E-state index in [0.717, 1.165) is 12.0 Å². The number of nitrogen functional groups attached to an aromatic ring is 1. The van der Waals surface area contributed by atoms with Gasteiger partial charge in [-0.05, 0) is 30.2 Å². The van der Waals surface area contributed by atoms with Gasteiger partial charge in [0.2, 0.25) is 5.13 Å². The molecule has 0 atom stereocenters. The molecule has 118 valence electrons. The molecule has 0 bridgehead atoms. The molecule has 8 heteroatoms. The summed E-state index contributed by atoms with van der Waals surface area (Å²) in [5, 5.41) is 6.50. The second-order valence-electron chi connectivity index (χ2n) is 4.25. The van der Waals surface area contributed by atoms with E-state index in [-0.39, 0.29) is 0 Å². The number of aromatic nitrogens is 1. The van der Waals surface area contributed by atoms with Gasteiger partial charge in [-0.25, -0.2) is 4.98 Å². The van der Waals surface area contributed by atoms with Gasteiger partial charge in [-0.2, -0.15) is 5.10 Å². The van der Waals surface area contributed by atoms with E-state index in [1.807, 2.05) is 18.2 Å². The zero-order chi connectivity index (χ0) is 15.8. The summed E-state index contributed by atoms with van der Waals surface area (Å²) < 4.78 is 10.9. The zero-order valence-electron chi connectivity index (χ0n) is 12.1. The number of nitrogens with one attached hydrogen (secondary N) is 1. The topological polar surface area (TPSA) is 81.8 Å². The van der Waals surface area contributed by atoms with Crippen LogP contribution in [0.5, 0.6) is 11.5 Å². The number of alkyl halides is 1. The van der Waals surface area contributed by atoms with Crippen molar-refractivity contribution in [2.75, 3.05) is 30.8 Å². The average Bonchev–Trinajstić information content (AvgIpc) is 2.93. The lowest BCUT2D eigenvalue weighted by Gasteiger charge is -2.10. The minimum atomic E-state index is 0.474. The third-order valence-corrected chi connectivity index (χ3v) is 3.65. The fraction of sp³-hybridized carbons (Fsp3) is 0.286. The van der Waals surface area contributed by atoms with E-state index < -0.39 is 0 Å². The fourth-order valence-electron chi connectivity index (χ4n) is 1.62. The van der Waals surface area contributed by atoms with Crippen molar-refractivity contribution >= 4 is 40.1 Å². The minimum absolute atomic E-state index is 0.474. The molecule has 0 saturated heterocycles. The largest absolute Gasteiger partial charge is 0.493 e. The van der Waals surface area contributed by atoms with Gasteiger partial charge in [0.1, 0.15) is 5.82 Å². The highest BCUT2D eigenvalue weighted by Gasteiger charge is 2.05. The van der Waals surface area contributed by atoms with Crippen LogP contribution in [0.2, 0.25) is 0 Å². The number of methoxy groups -OCH3 is 1. The summed E-state index contributed by atoms with van der Waals surface area (Å²) in [6.45, 7) is 0.539. The molecular weight excluding hydrogens is 324 g/mol. The van der Waals surface area contributed by atoms with Crippen molar-refractivity contribution in [2.24, 2.45) is 5.10 Å². The van der Waals surface area contributed by atoms with Crippen molar-refractivity contribution < 1.29 is 9.47 Å². The normalized spacial score (nSPS) is 10.8. The van der Waals surface area contributed by atoms with Crippen LogP contribution in [-0.2, 0) is 0 Å². The van der Waals surface area contributed by atoms with Crippen LogP contribution < -0.4 is 20.6 Å². The number of hydrogen-bond acceptors (Lipinski definition) is 7. The maximum absolute atomic E-state index is 5.66. The number of nitrogens with zero attached hydrogens (tertiary/aromatic N) is 2. The van der Waals surface area contributed by atoms with Gasteiger partial charge < -0.3 is 15.2 Å². The van der Waals surface area contributed by atoms with Gasteiger partial charge in [0.05, 0.1) is 19.9 Å². The van der Waals surface area contributed by atoms with Gasteiger partial charge in [0, 0.05) is 11.3 Å². The lowest BCUT2D eigenvalue weighted by atomic mass is 10.2. The molecule has 0 unspecified atom stereocenters. The number of thiazole rings is 1. The SMILES string of the molecule is COc1ccc(C=NNc2nc(N)cs2)cc1OCCCCl. The summed E-state index contributed by atoms with van der Waals surface area (Å²) in [6.07, 6.45) is 2.45. The third-order valence-electron chi connectivity index (χ3n) is 2.62. The maximum atomic E-state index is 5.66. The van der Waals surface area contributed by atoms with Crippen LogP contribution in [0.4, 0.5) is 10.9 Å². The van der Waals surface area contributed by atoms with E-state index in [1.54, 1.807) is 18.7 Å². The number of ether oxygens (including phenoxy) is 2. The van der Waals surface area contributed by atoms with Crippen molar-refractivity contribution in [3.63, 3.8) is 0 Å². The Balaban J connectivity index is 2.02. The Hall–Kier alpha value is -1.99. The molecule has 6 nitrogen and oxygen atoms in total. The number of hydrogen-bond donors (Lipinski definition) is 2. The highest BCUT2D eigenvalue weighted by molar-refractivity contribution is 7.14. The quantitative estimate of drug-likeness (QED) is 0.334. The fourth-order valence-corrected chi connectivity index (χ4v) is 2.28. The average molecular weight is 341 g/mol. The summed E-state index contributed by atoms with van der Waals surface area (Å²) in [5.74, 6) is 2.37. The standard InChI is InChI=1S/C14H17ClN4O2S/c1-20-11-4-3-10(7-12(11)21-6-2-5-15)8-17-19-14-18-13(16)9-22-14/h3-4,7-9H,2,5-6,16H2,1H3,(H,18,19). The molecule has 1 aromatic carbocycles. The predicted molar refractivity (Wildman–Crippen MR) is 91.6 cm³/mol.